The second-order valence-electron chi connectivity index (χ2n) is 7.58. The largest absolute Gasteiger partial charge is 0.0622 e. The average molecular weight is 454 g/mol. The van der Waals surface area contributed by atoms with E-state index in [1.54, 1.807) is 0 Å². The molecular formula is C25H27I. The summed E-state index contributed by atoms with van der Waals surface area (Å²) in [5, 5.41) is 0. The van der Waals surface area contributed by atoms with Crippen molar-refractivity contribution in [3.8, 4) is 0 Å². The molecule has 3 rings (SSSR count). The fourth-order valence-corrected chi connectivity index (χ4v) is 5.13. The third kappa shape index (κ3) is 4.03. The minimum atomic E-state index is 0.268. The first-order valence-corrected chi connectivity index (χ1v) is 10.5. The van der Waals surface area contributed by atoms with E-state index in [2.05, 4.69) is 123 Å². The quantitative estimate of drug-likeness (QED) is 0.274. The summed E-state index contributed by atoms with van der Waals surface area (Å²) < 4.78 is 1.43. The van der Waals surface area contributed by atoms with Gasteiger partial charge in [0, 0.05) is 9.49 Å². The van der Waals surface area contributed by atoms with E-state index >= 15 is 0 Å². The summed E-state index contributed by atoms with van der Waals surface area (Å²) in [6, 6.07) is 26.6. The first-order valence-electron chi connectivity index (χ1n) is 9.42. The van der Waals surface area contributed by atoms with Crippen LogP contribution in [0.2, 0.25) is 0 Å². The third-order valence-corrected chi connectivity index (χ3v) is 6.24. The zero-order valence-electron chi connectivity index (χ0n) is 16.0. The Balaban J connectivity index is 2.25. The van der Waals surface area contributed by atoms with Crippen LogP contribution < -0.4 is 0 Å². The van der Waals surface area contributed by atoms with Crippen LogP contribution in [0.1, 0.15) is 73.3 Å². The molecule has 0 radical (unpaired) electrons. The molecule has 0 aliphatic heterocycles. The molecular weight excluding hydrogens is 427 g/mol. The molecule has 0 spiro atoms. The van der Waals surface area contributed by atoms with Gasteiger partial charge >= 0.3 is 0 Å². The lowest BCUT2D eigenvalue weighted by atomic mass is 9.82. The highest BCUT2D eigenvalue weighted by molar-refractivity contribution is 14.1. The molecule has 3 aromatic carbocycles. The monoisotopic (exact) mass is 454 g/mol. The van der Waals surface area contributed by atoms with E-state index < -0.39 is 0 Å². The fourth-order valence-electron chi connectivity index (χ4n) is 3.57. The van der Waals surface area contributed by atoms with Gasteiger partial charge in [0.1, 0.15) is 0 Å². The van der Waals surface area contributed by atoms with E-state index in [9.17, 15) is 0 Å². The topological polar surface area (TPSA) is 0 Å². The van der Waals surface area contributed by atoms with Crippen molar-refractivity contribution in [2.24, 2.45) is 0 Å². The van der Waals surface area contributed by atoms with Gasteiger partial charge in [-0.2, -0.15) is 0 Å². The number of benzene rings is 3. The number of halogens is 1. The van der Waals surface area contributed by atoms with E-state index in [0.29, 0.717) is 11.8 Å². The summed E-state index contributed by atoms with van der Waals surface area (Å²) >= 11 is 2.54. The van der Waals surface area contributed by atoms with E-state index in [1.807, 2.05) is 0 Å². The lowest BCUT2D eigenvalue weighted by molar-refractivity contribution is 0.811. The Morgan fingerprint density at radius 1 is 0.577 bits per heavy atom. The lowest BCUT2D eigenvalue weighted by Crippen LogP contribution is -2.08. The second kappa shape index (κ2) is 8.39. The molecule has 0 aliphatic carbocycles. The van der Waals surface area contributed by atoms with Crippen LogP contribution in [-0.4, -0.2) is 0 Å². The van der Waals surface area contributed by atoms with Crippen molar-refractivity contribution in [3.05, 3.63) is 104 Å². The molecule has 3 aromatic rings. The zero-order valence-corrected chi connectivity index (χ0v) is 18.2. The highest BCUT2D eigenvalue weighted by Gasteiger charge is 2.21. The van der Waals surface area contributed by atoms with Crippen LogP contribution in [-0.2, 0) is 0 Å². The van der Waals surface area contributed by atoms with Gasteiger partial charge < -0.3 is 0 Å². The molecule has 1 heteroatoms. The van der Waals surface area contributed by atoms with E-state index in [0.717, 1.165) is 0 Å². The zero-order chi connectivity index (χ0) is 18.7. The molecule has 134 valence electrons. The van der Waals surface area contributed by atoms with Gasteiger partial charge in [0.15, 0.2) is 0 Å². The minimum absolute atomic E-state index is 0.268. The van der Waals surface area contributed by atoms with Crippen molar-refractivity contribution in [2.45, 2.75) is 45.4 Å². The van der Waals surface area contributed by atoms with Gasteiger partial charge in [-0.15, -0.1) is 0 Å². The van der Waals surface area contributed by atoms with Gasteiger partial charge in [0.2, 0.25) is 0 Å². The molecule has 0 saturated carbocycles. The van der Waals surface area contributed by atoms with Crippen LogP contribution in [0.3, 0.4) is 0 Å². The van der Waals surface area contributed by atoms with Gasteiger partial charge in [0.25, 0.3) is 0 Å². The van der Waals surface area contributed by atoms with Gasteiger partial charge in [-0.3, -0.25) is 0 Å². The first kappa shape index (κ1) is 19.2. The minimum Gasteiger partial charge on any atom is -0.0622 e. The predicted octanol–water partition coefficient (Wildman–Crippen LogP) is 7.72. The lowest BCUT2D eigenvalue weighted by Gasteiger charge is -2.24. The van der Waals surface area contributed by atoms with Crippen LogP contribution in [0.5, 0.6) is 0 Å². The van der Waals surface area contributed by atoms with E-state index in [-0.39, 0.29) is 5.92 Å². The SMILES string of the molecule is CC(C)c1cc(C(c2ccccc2)c2ccccc2)cc(C(C)C)c1I. The normalized spacial score (nSPS) is 11.5. The first-order chi connectivity index (χ1) is 12.5. The van der Waals surface area contributed by atoms with Crippen LogP contribution in [0.25, 0.3) is 0 Å². The van der Waals surface area contributed by atoms with Crippen molar-refractivity contribution >= 4 is 22.6 Å². The maximum atomic E-state index is 2.54. The van der Waals surface area contributed by atoms with Crippen molar-refractivity contribution in [3.63, 3.8) is 0 Å². The smallest absolute Gasteiger partial charge is 0.0340 e. The third-order valence-electron chi connectivity index (χ3n) is 4.99. The van der Waals surface area contributed by atoms with Crippen LogP contribution in [0.4, 0.5) is 0 Å². The molecule has 26 heavy (non-hydrogen) atoms. The van der Waals surface area contributed by atoms with Gasteiger partial charge in [0.05, 0.1) is 0 Å². The molecule has 0 fully saturated rings. The standard InChI is InChI=1S/C25H27I/c1-17(2)22-15-21(16-23(18(3)4)25(22)26)24(19-11-7-5-8-12-19)20-13-9-6-10-14-20/h5-18,24H,1-4H3. The Morgan fingerprint density at radius 3 is 1.31 bits per heavy atom. The highest BCUT2D eigenvalue weighted by Crippen LogP contribution is 2.37. The Hall–Kier alpha value is -1.61. The molecule has 0 aliphatic rings. The van der Waals surface area contributed by atoms with Gasteiger partial charge in [-0.05, 0) is 62.2 Å². The van der Waals surface area contributed by atoms with Crippen LogP contribution in [0, 0.1) is 3.57 Å². The number of hydrogen-bond donors (Lipinski definition) is 0. The molecule has 0 unspecified atom stereocenters. The molecule has 0 amide bonds. The summed E-state index contributed by atoms with van der Waals surface area (Å²) in [4.78, 5) is 0. The summed E-state index contributed by atoms with van der Waals surface area (Å²) in [7, 11) is 0. The van der Waals surface area contributed by atoms with Crippen LogP contribution >= 0.6 is 22.6 Å². The molecule has 0 bridgehead atoms. The van der Waals surface area contributed by atoms with Crippen molar-refractivity contribution in [1.82, 2.24) is 0 Å². The highest BCUT2D eigenvalue weighted by atomic mass is 127. The molecule has 0 atom stereocenters. The Morgan fingerprint density at radius 2 is 0.962 bits per heavy atom. The Kier molecular flexibility index (Phi) is 6.18. The predicted molar refractivity (Wildman–Crippen MR) is 121 cm³/mol. The maximum Gasteiger partial charge on any atom is 0.0340 e. The molecule has 0 N–H and O–H groups in total. The summed E-state index contributed by atoms with van der Waals surface area (Å²) in [5.74, 6) is 1.31. The number of rotatable bonds is 5. The van der Waals surface area contributed by atoms with Gasteiger partial charge in [-0.25, -0.2) is 0 Å². The van der Waals surface area contributed by atoms with Crippen molar-refractivity contribution in [1.29, 1.82) is 0 Å². The van der Waals surface area contributed by atoms with Crippen molar-refractivity contribution in [2.75, 3.05) is 0 Å². The summed E-state index contributed by atoms with van der Waals surface area (Å²) in [6.45, 7) is 9.19. The second-order valence-corrected chi connectivity index (χ2v) is 8.66. The fraction of sp³-hybridized carbons (Fsp3) is 0.280. The van der Waals surface area contributed by atoms with Crippen molar-refractivity contribution < 1.29 is 0 Å². The van der Waals surface area contributed by atoms with Crippen LogP contribution in [0.15, 0.2) is 72.8 Å². The molecule has 0 nitrogen and oxygen atoms in total. The van der Waals surface area contributed by atoms with Gasteiger partial charge in [-0.1, -0.05) is 100 Å². The average Bonchev–Trinajstić information content (AvgIpc) is 2.64. The molecule has 0 aromatic heterocycles. The van der Waals surface area contributed by atoms with E-state index in [4.69, 9.17) is 0 Å². The Labute approximate surface area is 171 Å². The molecule has 0 heterocycles. The maximum absolute atomic E-state index is 2.54. The number of hydrogen-bond acceptors (Lipinski definition) is 0. The molecule has 0 saturated heterocycles. The summed E-state index contributed by atoms with van der Waals surface area (Å²) in [6.07, 6.45) is 0. The Bertz CT molecular complexity index is 779. The summed E-state index contributed by atoms with van der Waals surface area (Å²) in [5.41, 5.74) is 7.02. The van der Waals surface area contributed by atoms with E-state index in [1.165, 1.54) is 31.4 Å².